The lowest BCUT2D eigenvalue weighted by Gasteiger charge is -2.29. The molecule has 28 heavy (non-hydrogen) atoms. The van der Waals surface area contributed by atoms with Gasteiger partial charge >= 0.3 is 0 Å². The molecule has 0 bridgehead atoms. The molecular formula is C23H30N2O3. The predicted molar refractivity (Wildman–Crippen MR) is 111 cm³/mol. The van der Waals surface area contributed by atoms with Crippen molar-refractivity contribution in [2.75, 3.05) is 33.4 Å². The Bertz CT molecular complexity index is 800. The van der Waals surface area contributed by atoms with E-state index in [1.54, 1.807) is 7.11 Å². The second kappa shape index (κ2) is 9.60. The molecule has 150 valence electrons. The van der Waals surface area contributed by atoms with Crippen LogP contribution in [0.3, 0.4) is 0 Å². The minimum Gasteiger partial charge on any atom is -0.496 e. The molecule has 1 saturated heterocycles. The zero-order chi connectivity index (χ0) is 19.9. The van der Waals surface area contributed by atoms with Crippen LogP contribution >= 0.6 is 0 Å². The zero-order valence-electron chi connectivity index (χ0n) is 17.0. The van der Waals surface area contributed by atoms with E-state index < -0.39 is 0 Å². The van der Waals surface area contributed by atoms with Crippen LogP contribution in [0.2, 0.25) is 0 Å². The van der Waals surface area contributed by atoms with Crippen molar-refractivity contribution in [3.05, 3.63) is 59.2 Å². The number of likely N-dealkylation sites (tertiary alicyclic amines) is 1. The van der Waals surface area contributed by atoms with E-state index in [4.69, 9.17) is 9.47 Å². The number of nitrogens with zero attached hydrogens (tertiary/aromatic N) is 1. The minimum atomic E-state index is -0.112. The number of hydrogen-bond donors (Lipinski definition) is 1. The number of benzene rings is 2. The lowest BCUT2D eigenvalue weighted by molar-refractivity contribution is -0.123. The van der Waals surface area contributed by atoms with Gasteiger partial charge in [0.15, 0.2) is 6.61 Å². The SMILES string of the molecule is COc1ccccc1C(CNC(=O)COc1ccc(C)cc1C)N1CCCC1. The van der Waals surface area contributed by atoms with Gasteiger partial charge in [-0.15, -0.1) is 0 Å². The number of nitrogens with one attached hydrogen (secondary N) is 1. The normalized spacial score (nSPS) is 15.2. The first-order valence-electron chi connectivity index (χ1n) is 9.92. The molecule has 3 rings (SSSR count). The van der Waals surface area contributed by atoms with Gasteiger partial charge in [-0.1, -0.05) is 35.9 Å². The number of carbonyl (C=O) groups excluding carboxylic acids is 1. The van der Waals surface area contributed by atoms with Crippen molar-refractivity contribution in [3.8, 4) is 11.5 Å². The van der Waals surface area contributed by atoms with Crippen molar-refractivity contribution in [1.29, 1.82) is 0 Å². The molecular weight excluding hydrogens is 352 g/mol. The average molecular weight is 383 g/mol. The summed E-state index contributed by atoms with van der Waals surface area (Å²) in [7, 11) is 1.69. The smallest absolute Gasteiger partial charge is 0.258 e. The summed E-state index contributed by atoms with van der Waals surface area (Å²) in [5.41, 5.74) is 3.33. The van der Waals surface area contributed by atoms with Gasteiger partial charge in [0.25, 0.3) is 5.91 Å². The van der Waals surface area contributed by atoms with Crippen molar-refractivity contribution in [2.45, 2.75) is 32.7 Å². The Morgan fingerprint density at radius 3 is 2.57 bits per heavy atom. The Balaban J connectivity index is 1.62. The molecule has 0 spiro atoms. The Labute approximate surface area is 167 Å². The van der Waals surface area contributed by atoms with Crippen molar-refractivity contribution in [2.24, 2.45) is 0 Å². The molecule has 1 unspecified atom stereocenters. The summed E-state index contributed by atoms with van der Waals surface area (Å²) in [6, 6.07) is 14.1. The Hall–Kier alpha value is -2.53. The number of aryl methyl sites for hydroxylation is 2. The summed E-state index contributed by atoms with van der Waals surface area (Å²) in [6.45, 7) is 6.67. The molecule has 1 atom stereocenters. The number of amides is 1. The maximum absolute atomic E-state index is 12.4. The van der Waals surface area contributed by atoms with E-state index in [2.05, 4.69) is 22.3 Å². The molecule has 2 aromatic rings. The molecule has 0 aliphatic carbocycles. The molecule has 1 N–H and O–H groups in total. The van der Waals surface area contributed by atoms with Crippen LogP contribution in [-0.4, -0.2) is 44.2 Å². The van der Waals surface area contributed by atoms with Gasteiger partial charge in [0, 0.05) is 12.1 Å². The first-order valence-corrected chi connectivity index (χ1v) is 9.92. The minimum absolute atomic E-state index is 0.0164. The van der Waals surface area contributed by atoms with Gasteiger partial charge in [0.05, 0.1) is 13.2 Å². The van der Waals surface area contributed by atoms with Crippen LogP contribution in [0.15, 0.2) is 42.5 Å². The summed E-state index contributed by atoms with van der Waals surface area (Å²) < 4.78 is 11.3. The summed E-state index contributed by atoms with van der Waals surface area (Å²) in [6.07, 6.45) is 2.38. The van der Waals surface area contributed by atoms with Crippen LogP contribution < -0.4 is 14.8 Å². The maximum Gasteiger partial charge on any atom is 0.258 e. The summed E-state index contributed by atoms with van der Waals surface area (Å²) in [5.74, 6) is 1.50. The van der Waals surface area contributed by atoms with Gasteiger partial charge in [-0.05, 0) is 57.5 Å². The number of para-hydroxylation sites is 1. The Kier molecular flexibility index (Phi) is 6.93. The summed E-state index contributed by atoms with van der Waals surface area (Å²) in [4.78, 5) is 14.8. The molecule has 0 saturated carbocycles. The van der Waals surface area contributed by atoms with E-state index >= 15 is 0 Å². The zero-order valence-corrected chi connectivity index (χ0v) is 17.0. The molecule has 0 aromatic heterocycles. The topological polar surface area (TPSA) is 50.8 Å². The fourth-order valence-electron chi connectivity index (χ4n) is 3.80. The van der Waals surface area contributed by atoms with Crippen LogP contribution in [0, 0.1) is 13.8 Å². The molecule has 1 aliphatic heterocycles. The first-order chi connectivity index (χ1) is 13.6. The Morgan fingerprint density at radius 1 is 1.11 bits per heavy atom. The summed E-state index contributed by atoms with van der Waals surface area (Å²) >= 11 is 0. The van der Waals surface area contributed by atoms with Crippen LogP contribution in [-0.2, 0) is 4.79 Å². The molecule has 5 nitrogen and oxygen atoms in total. The lowest BCUT2D eigenvalue weighted by Crippen LogP contribution is -2.38. The molecule has 1 heterocycles. The number of rotatable bonds is 8. The fourth-order valence-corrected chi connectivity index (χ4v) is 3.80. The highest BCUT2D eigenvalue weighted by Gasteiger charge is 2.26. The van der Waals surface area contributed by atoms with E-state index in [9.17, 15) is 4.79 Å². The van der Waals surface area contributed by atoms with E-state index in [-0.39, 0.29) is 18.6 Å². The summed E-state index contributed by atoms with van der Waals surface area (Å²) in [5, 5.41) is 3.05. The predicted octanol–water partition coefficient (Wildman–Crippen LogP) is 3.64. The van der Waals surface area contributed by atoms with Crippen LogP contribution in [0.25, 0.3) is 0 Å². The largest absolute Gasteiger partial charge is 0.496 e. The molecule has 5 heteroatoms. The number of ether oxygens (including phenoxy) is 2. The highest BCUT2D eigenvalue weighted by atomic mass is 16.5. The highest BCUT2D eigenvalue weighted by Crippen LogP contribution is 2.31. The monoisotopic (exact) mass is 382 g/mol. The third-order valence-corrected chi connectivity index (χ3v) is 5.26. The third kappa shape index (κ3) is 5.04. The fraction of sp³-hybridized carbons (Fsp3) is 0.435. The lowest BCUT2D eigenvalue weighted by atomic mass is 10.0. The van der Waals surface area contributed by atoms with Crippen molar-refractivity contribution in [1.82, 2.24) is 10.2 Å². The molecule has 1 amide bonds. The van der Waals surface area contributed by atoms with Gasteiger partial charge in [-0.3, -0.25) is 9.69 Å². The van der Waals surface area contributed by atoms with Gasteiger partial charge in [0.2, 0.25) is 0 Å². The number of carbonyl (C=O) groups is 1. The molecule has 1 fully saturated rings. The first kappa shape index (κ1) is 20.2. The average Bonchev–Trinajstić information content (AvgIpc) is 3.22. The quantitative estimate of drug-likeness (QED) is 0.757. The van der Waals surface area contributed by atoms with Crippen molar-refractivity contribution in [3.63, 3.8) is 0 Å². The van der Waals surface area contributed by atoms with Gasteiger partial charge < -0.3 is 14.8 Å². The maximum atomic E-state index is 12.4. The van der Waals surface area contributed by atoms with Gasteiger partial charge in [-0.25, -0.2) is 0 Å². The molecule has 2 aromatic carbocycles. The van der Waals surface area contributed by atoms with Crippen LogP contribution in [0.4, 0.5) is 0 Å². The van der Waals surface area contributed by atoms with Crippen molar-refractivity contribution >= 4 is 5.91 Å². The number of methoxy groups -OCH3 is 1. The van der Waals surface area contributed by atoms with Gasteiger partial charge in [-0.2, -0.15) is 0 Å². The molecule has 1 aliphatic rings. The van der Waals surface area contributed by atoms with E-state index in [1.165, 1.54) is 18.4 Å². The standard InChI is InChI=1S/C23H30N2O3/c1-17-10-11-21(18(2)14-17)28-16-23(26)24-15-20(25-12-6-7-13-25)19-8-4-5-9-22(19)27-3/h4-5,8-11,14,20H,6-7,12-13,15-16H2,1-3H3,(H,24,26). The number of hydrogen-bond acceptors (Lipinski definition) is 4. The van der Waals surface area contributed by atoms with Gasteiger partial charge in [0.1, 0.15) is 11.5 Å². The van der Waals surface area contributed by atoms with Crippen LogP contribution in [0.5, 0.6) is 11.5 Å². The molecule has 0 radical (unpaired) electrons. The van der Waals surface area contributed by atoms with Crippen molar-refractivity contribution < 1.29 is 14.3 Å². The van der Waals surface area contributed by atoms with E-state index in [0.717, 1.165) is 35.7 Å². The van der Waals surface area contributed by atoms with E-state index in [1.807, 2.05) is 44.2 Å². The Morgan fingerprint density at radius 2 is 1.86 bits per heavy atom. The second-order valence-electron chi connectivity index (χ2n) is 7.36. The van der Waals surface area contributed by atoms with E-state index in [0.29, 0.717) is 6.54 Å². The third-order valence-electron chi connectivity index (χ3n) is 5.26. The second-order valence-corrected chi connectivity index (χ2v) is 7.36. The highest BCUT2D eigenvalue weighted by molar-refractivity contribution is 5.77. The van der Waals surface area contributed by atoms with Crippen LogP contribution in [0.1, 0.15) is 35.6 Å².